The number of rotatable bonds is 8. The van der Waals surface area contributed by atoms with Gasteiger partial charge in [0.25, 0.3) is 0 Å². The first kappa shape index (κ1) is 22.9. The highest BCUT2D eigenvalue weighted by Crippen LogP contribution is 2.19. The Bertz CT molecular complexity index is 628. The summed E-state index contributed by atoms with van der Waals surface area (Å²) in [6.07, 6.45) is 6.71. The zero-order valence-corrected chi connectivity index (χ0v) is 16.4. The van der Waals surface area contributed by atoms with E-state index in [1.165, 1.54) is 27.7 Å². The van der Waals surface area contributed by atoms with Gasteiger partial charge in [-0.2, -0.15) is 0 Å². The van der Waals surface area contributed by atoms with Crippen LogP contribution in [0.4, 0.5) is 0 Å². The molecule has 1 aliphatic rings. The highest BCUT2D eigenvalue weighted by molar-refractivity contribution is 5.68. The number of carbonyl (C=O) groups excluding carboxylic acids is 4. The second-order valence-corrected chi connectivity index (χ2v) is 5.89. The maximum atomic E-state index is 11.2. The molecular formula is C20H24O8. The van der Waals surface area contributed by atoms with Crippen molar-refractivity contribution in [3.63, 3.8) is 0 Å². The molecule has 0 radical (unpaired) electrons. The smallest absolute Gasteiger partial charge is 0.302 e. The fraction of sp³-hybridized carbons (Fsp3) is 0.400. The minimum Gasteiger partial charge on any atom is -0.461 e. The number of carbonyl (C=O) groups is 4. The molecule has 0 aromatic heterocycles. The molecule has 0 heterocycles. The van der Waals surface area contributed by atoms with Crippen molar-refractivity contribution in [2.75, 3.05) is 26.4 Å². The van der Waals surface area contributed by atoms with Gasteiger partial charge in [-0.1, -0.05) is 24.3 Å². The Morgan fingerprint density at radius 3 is 0.821 bits per heavy atom. The van der Waals surface area contributed by atoms with E-state index in [0.29, 0.717) is 22.3 Å². The van der Waals surface area contributed by atoms with Crippen molar-refractivity contribution < 1.29 is 38.1 Å². The molecule has 0 bridgehead atoms. The maximum absolute atomic E-state index is 11.2. The Balaban J connectivity index is 3.22. The Labute approximate surface area is 163 Å². The van der Waals surface area contributed by atoms with Gasteiger partial charge in [0.15, 0.2) is 0 Å². The van der Waals surface area contributed by atoms with Crippen molar-refractivity contribution in [1.29, 1.82) is 0 Å². The molecule has 0 aromatic carbocycles. The maximum Gasteiger partial charge on any atom is 0.302 e. The largest absolute Gasteiger partial charge is 0.461 e. The van der Waals surface area contributed by atoms with E-state index in [4.69, 9.17) is 18.9 Å². The molecule has 0 atom stereocenters. The van der Waals surface area contributed by atoms with Gasteiger partial charge in [-0.3, -0.25) is 19.2 Å². The Hall–Kier alpha value is -3.16. The minimum absolute atomic E-state index is 0.0209. The molecule has 152 valence electrons. The van der Waals surface area contributed by atoms with Gasteiger partial charge in [-0.15, -0.1) is 0 Å². The third-order valence-electron chi connectivity index (χ3n) is 3.52. The highest BCUT2D eigenvalue weighted by atomic mass is 16.5. The molecule has 0 saturated carbocycles. The summed E-state index contributed by atoms with van der Waals surface area (Å²) in [5.41, 5.74) is 2.44. The van der Waals surface area contributed by atoms with Gasteiger partial charge in [0.1, 0.15) is 26.4 Å². The fourth-order valence-electron chi connectivity index (χ4n) is 2.11. The second-order valence-electron chi connectivity index (χ2n) is 5.89. The Morgan fingerprint density at radius 2 is 0.679 bits per heavy atom. The third kappa shape index (κ3) is 8.98. The zero-order valence-electron chi connectivity index (χ0n) is 16.4. The monoisotopic (exact) mass is 392 g/mol. The van der Waals surface area contributed by atoms with Crippen LogP contribution in [-0.2, 0) is 38.1 Å². The lowest BCUT2D eigenvalue weighted by Gasteiger charge is -2.15. The SMILES string of the molecule is CC(=O)OCC1=C(COC(C)=O)C=CC(COC(C)=O)=C(COC(C)=O)C=C1. The van der Waals surface area contributed by atoms with Gasteiger partial charge >= 0.3 is 23.9 Å². The first-order chi connectivity index (χ1) is 13.2. The van der Waals surface area contributed by atoms with Crippen LogP contribution in [0.25, 0.3) is 0 Å². The molecular weight excluding hydrogens is 368 g/mol. The van der Waals surface area contributed by atoms with Gasteiger partial charge in [0.2, 0.25) is 0 Å². The summed E-state index contributed by atoms with van der Waals surface area (Å²) in [6, 6.07) is 0. The molecule has 0 N–H and O–H groups in total. The van der Waals surface area contributed by atoms with Gasteiger partial charge < -0.3 is 18.9 Å². The van der Waals surface area contributed by atoms with Crippen molar-refractivity contribution in [2.24, 2.45) is 0 Å². The normalized spacial score (nSPS) is 13.6. The molecule has 0 saturated heterocycles. The van der Waals surface area contributed by atoms with Gasteiger partial charge in [-0.25, -0.2) is 0 Å². The molecule has 0 spiro atoms. The average Bonchev–Trinajstić information content (AvgIpc) is 2.58. The topological polar surface area (TPSA) is 105 Å². The first-order valence-electron chi connectivity index (χ1n) is 8.52. The van der Waals surface area contributed by atoms with Crippen LogP contribution in [-0.4, -0.2) is 50.3 Å². The number of esters is 4. The van der Waals surface area contributed by atoms with Gasteiger partial charge in [-0.05, 0) is 22.3 Å². The lowest BCUT2D eigenvalue weighted by molar-refractivity contribution is -0.141. The van der Waals surface area contributed by atoms with Crippen molar-refractivity contribution in [3.8, 4) is 0 Å². The summed E-state index contributed by atoms with van der Waals surface area (Å²) in [5.74, 6) is -1.81. The lowest BCUT2D eigenvalue weighted by Crippen LogP contribution is -2.12. The van der Waals surface area contributed by atoms with E-state index in [-0.39, 0.29) is 26.4 Å². The molecule has 1 rings (SSSR count). The second kappa shape index (κ2) is 11.5. The van der Waals surface area contributed by atoms with E-state index < -0.39 is 23.9 Å². The average molecular weight is 392 g/mol. The van der Waals surface area contributed by atoms with E-state index >= 15 is 0 Å². The van der Waals surface area contributed by atoms with Gasteiger partial charge in [0, 0.05) is 27.7 Å². The number of hydrogen-bond donors (Lipinski definition) is 0. The van der Waals surface area contributed by atoms with Crippen LogP contribution < -0.4 is 0 Å². The molecule has 8 heteroatoms. The molecule has 0 aromatic rings. The van der Waals surface area contributed by atoms with Crippen LogP contribution in [0.2, 0.25) is 0 Å². The molecule has 0 aliphatic heterocycles. The van der Waals surface area contributed by atoms with Crippen molar-refractivity contribution in [2.45, 2.75) is 27.7 Å². The highest BCUT2D eigenvalue weighted by Gasteiger charge is 2.13. The lowest BCUT2D eigenvalue weighted by atomic mass is 10.00. The molecule has 1 aliphatic carbocycles. The zero-order chi connectivity index (χ0) is 21.1. The molecule has 8 nitrogen and oxygen atoms in total. The third-order valence-corrected chi connectivity index (χ3v) is 3.52. The number of ether oxygens (including phenoxy) is 4. The Kier molecular flexibility index (Phi) is 9.42. The van der Waals surface area contributed by atoms with Gasteiger partial charge in [0.05, 0.1) is 0 Å². The van der Waals surface area contributed by atoms with E-state index in [9.17, 15) is 19.2 Å². The summed E-state index contributed by atoms with van der Waals surface area (Å²) in [7, 11) is 0. The van der Waals surface area contributed by atoms with E-state index in [1.807, 2.05) is 0 Å². The summed E-state index contributed by atoms with van der Waals surface area (Å²) < 4.78 is 20.2. The van der Waals surface area contributed by atoms with E-state index in [0.717, 1.165) is 0 Å². The first-order valence-corrected chi connectivity index (χ1v) is 8.52. The predicted octanol–water partition coefficient (Wildman–Crippen LogP) is 1.96. The minimum atomic E-state index is -0.454. The fourth-order valence-corrected chi connectivity index (χ4v) is 2.11. The standard InChI is InChI=1S/C20H24O8/c1-13(21)25-9-17-5-6-19(11-27-15(3)23)20(12-28-16(4)24)8-7-18(17)10-26-14(2)22/h5-8H,9-12H2,1-4H3. The van der Waals surface area contributed by atoms with Crippen molar-refractivity contribution >= 4 is 23.9 Å². The molecule has 0 amide bonds. The van der Waals surface area contributed by atoms with Crippen molar-refractivity contribution in [3.05, 3.63) is 46.6 Å². The molecule has 0 fully saturated rings. The quantitative estimate of drug-likeness (QED) is 0.456. The predicted molar refractivity (Wildman–Crippen MR) is 98.9 cm³/mol. The summed E-state index contributed by atoms with van der Waals surface area (Å²) in [4.78, 5) is 44.7. The summed E-state index contributed by atoms with van der Waals surface area (Å²) in [5, 5.41) is 0. The van der Waals surface area contributed by atoms with E-state index in [1.54, 1.807) is 24.3 Å². The molecule has 28 heavy (non-hydrogen) atoms. The summed E-state index contributed by atoms with van der Waals surface area (Å²) in [6.45, 7) is 5.08. The van der Waals surface area contributed by atoms with Crippen molar-refractivity contribution in [1.82, 2.24) is 0 Å². The van der Waals surface area contributed by atoms with E-state index in [2.05, 4.69) is 0 Å². The summed E-state index contributed by atoms with van der Waals surface area (Å²) >= 11 is 0. The van der Waals surface area contributed by atoms with Crippen LogP contribution in [0.5, 0.6) is 0 Å². The van der Waals surface area contributed by atoms with Crippen LogP contribution in [0.15, 0.2) is 46.6 Å². The van der Waals surface area contributed by atoms with Crippen LogP contribution in [0.1, 0.15) is 27.7 Å². The number of hydrogen-bond acceptors (Lipinski definition) is 8. The molecule has 0 unspecified atom stereocenters. The Morgan fingerprint density at radius 1 is 0.500 bits per heavy atom. The van der Waals surface area contributed by atoms with Crippen LogP contribution >= 0.6 is 0 Å². The van der Waals surface area contributed by atoms with Crippen LogP contribution in [0.3, 0.4) is 0 Å². The van der Waals surface area contributed by atoms with Crippen LogP contribution in [0, 0.1) is 0 Å².